The van der Waals surface area contributed by atoms with Crippen molar-refractivity contribution in [3.05, 3.63) is 42.2 Å². The summed E-state index contributed by atoms with van der Waals surface area (Å²) in [5.41, 5.74) is 0.274. The fourth-order valence-corrected chi connectivity index (χ4v) is 2.52. The van der Waals surface area contributed by atoms with Crippen molar-refractivity contribution in [2.75, 3.05) is 28.6 Å². The minimum Gasteiger partial charge on any atom is -0.341 e. The Morgan fingerprint density at radius 2 is 1.75 bits per heavy atom. The molecule has 2 aromatic rings. The summed E-state index contributed by atoms with van der Waals surface area (Å²) in [7, 11) is 0. The second-order valence-electron chi connectivity index (χ2n) is 5.52. The number of aromatic nitrogens is 2. The van der Waals surface area contributed by atoms with E-state index in [4.69, 9.17) is 0 Å². The fourth-order valence-electron chi connectivity index (χ4n) is 2.52. The third-order valence-corrected chi connectivity index (χ3v) is 3.71. The van der Waals surface area contributed by atoms with Gasteiger partial charge >= 0.3 is 6.03 Å². The average molecular weight is 333 g/mol. The Bertz CT molecular complexity index is 717. The van der Waals surface area contributed by atoms with Crippen LogP contribution >= 0.6 is 0 Å². The molecule has 1 aliphatic heterocycles. The molecule has 1 aromatic carbocycles. The highest BCUT2D eigenvalue weighted by atomic mass is 19.1. The Hall–Kier alpha value is -2.77. The number of carbonyl (C=O) groups excluding carboxylic acids is 1. The van der Waals surface area contributed by atoms with Crippen molar-refractivity contribution in [1.82, 2.24) is 9.97 Å². The second kappa shape index (κ2) is 7.20. The summed E-state index contributed by atoms with van der Waals surface area (Å²) >= 11 is 0. The molecule has 1 fully saturated rings. The van der Waals surface area contributed by atoms with E-state index in [1.54, 1.807) is 0 Å². The van der Waals surface area contributed by atoms with Crippen molar-refractivity contribution >= 4 is 23.4 Å². The number of nitrogens with zero attached hydrogens (tertiary/aromatic N) is 3. The van der Waals surface area contributed by atoms with Gasteiger partial charge in [0.15, 0.2) is 0 Å². The zero-order valence-electron chi connectivity index (χ0n) is 12.9. The summed E-state index contributed by atoms with van der Waals surface area (Å²) in [6.07, 6.45) is 6.45. The fraction of sp³-hybridized carbons (Fsp3) is 0.312. The van der Waals surface area contributed by atoms with Gasteiger partial charge in [-0.15, -0.1) is 0 Å². The van der Waals surface area contributed by atoms with E-state index in [0.29, 0.717) is 17.7 Å². The highest BCUT2D eigenvalue weighted by Gasteiger charge is 2.13. The number of urea groups is 1. The first-order valence-corrected chi connectivity index (χ1v) is 7.72. The molecular weight excluding hydrogens is 316 g/mol. The lowest BCUT2D eigenvalue weighted by Gasteiger charge is -2.26. The van der Waals surface area contributed by atoms with Crippen LogP contribution in [0.5, 0.6) is 0 Å². The molecule has 24 heavy (non-hydrogen) atoms. The van der Waals surface area contributed by atoms with Crippen LogP contribution in [0.4, 0.5) is 30.9 Å². The number of hydrogen-bond donors (Lipinski definition) is 2. The third kappa shape index (κ3) is 3.95. The lowest BCUT2D eigenvalue weighted by atomic mass is 10.1. The Kier molecular flexibility index (Phi) is 4.83. The molecule has 126 valence electrons. The number of rotatable bonds is 3. The van der Waals surface area contributed by atoms with Crippen LogP contribution in [0, 0.1) is 11.6 Å². The van der Waals surface area contributed by atoms with E-state index in [0.717, 1.165) is 38.1 Å². The number of benzene rings is 1. The van der Waals surface area contributed by atoms with Crippen LogP contribution in [-0.2, 0) is 0 Å². The Balaban J connectivity index is 1.59. The van der Waals surface area contributed by atoms with E-state index in [2.05, 4.69) is 25.5 Å². The number of carbonyl (C=O) groups is 1. The van der Waals surface area contributed by atoms with E-state index in [-0.39, 0.29) is 5.69 Å². The minimum absolute atomic E-state index is 0.111. The Labute approximate surface area is 137 Å². The molecule has 0 saturated carbocycles. The molecule has 1 aliphatic rings. The van der Waals surface area contributed by atoms with Crippen molar-refractivity contribution in [1.29, 1.82) is 0 Å². The van der Waals surface area contributed by atoms with Gasteiger partial charge in [-0.05, 0) is 31.4 Å². The molecular formula is C16H17F2N5O. The first-order valence-electron chi connectivity index (χ1n) is 7.72. The number of halogens is 2. The summed E-state index contributed by atoms with van der Waals surface area (Å²) in [6.45, 7) is 1.86. The quantitative estimate of drug-likeness (QED) is 0.903. The van der Waals surface area contributed by atoms with Crippen molar-refractivity contribution in [3.8, 4) is 0 Å². The number of anilines is 3. The van der Waals surface area contributed by atoms with E-state index in [1.165, 1.54) is 18.8 Å². The monoisotopic (exact) mass is 333 g/mol. The van der Waals surface area contributed by atoms with Crippen molar-refractivity contribution in [3.63, 3.8) is 0 Å². The zero-order valence-corrected chi connectivity index (χ0v) is 12.9. The van der Waals surface area contributed by atoms with Gasteiger partial charge in [-0.1, -0.05) is 0 Å². The first kappa shape index (κ1) is 16.1. The highest BCUT2D eigenvalue weighted by molar-refractivity contribution is 5.99. The largest absolute Gasteiger partial charge is 0.341 e. The summed E-state index contributed by atoms with van der Waals surface area (Å²) < 4.78 is 26.3. The van der Waals surface area contributed by atoms with E-state index >= 15 is 0 Å². The SMILES string of the molecule is O=C(Nc1cnc(N2CCCCC2)nc1)Nc1ccc(F)cc1F. The maximum atomic E-state index is 13.5. The van der Waals surface area contributed by atoms with Gasteiger partial charge in [0, 0.05) is 19.2 Å². The molecule has 0 bridgehead atoms. The van der Waals surface area contributed by atoms with Gasteiger partial charge in [0.25, 0.3) is 0 Å². The Morgan fingerprint density at radius 1 is 1.04 bits per heavy atom. The van der Waals surface area contributed by atoms with Gasteiger partial charge in [0.1, 0.15) is 11.6 Å². The lowest BCUT2D eigenvalue weighted by Crippen LogP contribution is -2.31. The molecule has 1 saturated heterocycles. The van der Waals surface area contributed by atoms with E-state index in [1.807, 2.05) is 0 Å². The molecule has 0 atom stereocenters. The van der Waals surface area contributed by atoms with E-state index < -0.39 is 17.7 Å². The van der Waals surface area contributed by atoms with Crippen LogP contribution in [0.2, 0.25) is 0 Å². The maximum absolute atomic E-state index is 13.5. The highest BCUT2D eigenvalue weighted by Crippen LogP contribution is 2.17. The van der Waals surface area contributed by atoms with Gasteiger partial charge in [0.05, 0.1) is 23.8 Å². The van der Waals surface area contributed by atoms with Crippen LogP contribution in [0.15, 0.2) is 30.6 Å². The first-order chi connectivity index (χ1) is 11.6. The molecule has 8 heteroatoms. The van der Waals surface area contributed by atoms with Crippen LogP contribution < -0.4 is 15.5 Å². The van der Waals surface area contributed by atoms with Gasteiger partial charge in [-0.2, -0.15) is 0 Å². The molecule has 0 radical (unpaired) electrons. The van der Waals surface area contributed by atoms with Crippen molar-refractivity contribution in [2.24, 2.45) is 0 Å². The van der Waals surface area contributed by atoms with Crippen LogP contribution in [0.1, 0.15) is 19.3 Å². The van der Waals surface area contributed by atoms with Gasteiger partial charge in [-0.3, -0.25) is 0 Å². The van der Waals surface area contributed by atoms with Gasteiger partial charge < -0.3 is 15.5 Å². The number of hydrogen-bond acceptors (Lipinski definition) is 4. The van der Waals surface area contributed by atoms with Crippen molar-refractivity contribution < 1.29 is 13.6 Å². The number of nitrogens with one attached hydrogen (secondary N) is 2. The third-order valence-electron chi connectivity index (χ3n) is 3.71. The predicted octanol–water partition coefficient (Wildman–Crippen LogP) is 3.39. The van der Waals surface area contributed by atoms with Crippen LogP contribution in [0.25, 0.3) is 0 Å². The molecule has 3 rings (SSSR count). The molecule has 0 unspecified atom stereocenters. The summed E-state index contributed by atoms with van der Waals surface area (Å²) in [5, 5.41) is 4.81. The van der Waals surface area contributed by atoms with Gasteiger partial charge in [-0.25, -0.2) is 23.5 Å². The van der Waals surface area contributed by atoms with Crippen molar-refractivity contribution in [2.45, 2.75) is 19.3 Å². The molecule has 6 nitrogen and oxygen atoms in total. The van der Waals surface area contributed by atoms with Crippen LogP contribution in [0.3, 0.4) is 0 Å². The smallest absolute Gasteiger partial charge is 0.323 e. The summed E-state index contributed by atoms with van der Waals surface area (Å²) in [5.74, 6) is -0.924. The predicted molar refractivity (Wildman–Crippen MR) is 87.1 cm³/mol. The normalized spacial score (nSPS) is 14.3. The topological polar surface area (TPSA) is 70.2 Å². The standard InChI is InChI=1S/C16H17F2N5O/c17-11-4-5-14(13(18)8-11)22-16(24)21-12-9-19-15(20-10-12)23-6-2-1-3-7-23/h4-5,8-10H,1-3,6-7H2,(H2,21,22,24). The Morgan fingerprint density at radius 3 is 2.42 bits per heavy atom. The van der Waals surface area contributed by atoms with Crippen LogP contribution in [-0.4, -0.2) is 29.1 Å². The van der Waals surface area contributed by atoms with Gasteiger partial charge in [0.2, 0.25) is 5.95 Å². The summed E-state index contributed by atoms with van der Waals surface area (Å²) in [4.78, 5) is 22.4. The molecule has 0 aliphatic carbocycles. The second-order valence-corrected chi connectivity index (χ2v) is 5.52. The average Bonchev–Trinajstić information content (AvgIpc) is 2.59. The number of amides is 2. The molecule has 1 aromatic heterocycles. The molecule has 2 heterocycles. The number of piperidine rings is 1. The molecule has 2 N–H and O–H groups in total. The lowest BCUT2D eigenvalue weighted by molar-refractivity contribution is 0.262. The minimum atomic E-state index is -0.846. The maximum Gasteiger partial charge on any atom is 0.323 e. The molecule has 2 amide bonds. The van der Waals surface area contributed by atoms with E-state index in [9.17, 15) is 13.6 Å². The zero-order chi connectivity index (χ0) is 16.9. The molecule has 0 spiro atoms. The summed E-state index contributed by atoms with van der Waals surface area (Å²) in [6, 6.07) is 2.26.